The zero-order valence-electron chi connectivity index (χ0n) is 18.2. The molecule has 172 valence electrons. The molecule has 3 aliphatic rings. The van der Waals surface area contributed by atoms with E-state index < -0.39 is 29.3 Å². The number of fused-ring (bicyclic) bond motifs is 1. The van der Waals surface area contributed by atoms with Gasteiger partial charge >= 0.3 is 5.97 Å². The first kappa shape index (κ1) is 21.5. The molecular weight excluding hydrogens is 422 g/mol. The first-order valence-corrected chi connectivity index (χ1v) is 11.2. The molecule has 0 bridgehead atoms. The van der Waals surface area contributed by atoms with E-state index in [2.05, 4.69) is 5.32 Å². The minimum Gasteiger partial charge on any atom is -0.489 e. The Hall–Kier alpha value is -3.39. The summed E-state index contributed by atoms with van der Waals surface area (Å²) in [5, 5.41) is 13.0. The molecule has 1 saturated carbocycles. The molecule has 2 aliphatic heterocycles. The monoisotopic (exact) mass is 449 g/mol. The summed E-state index contributed by atoms with van der Waals surface area (Å²) in [6.45, 7) is 1.38. The number of amides is 2. The third kappa shape index (κ3) is 3.95. The summed E-state index contributed by atoms with van der Waals surface area (Å²) in [6.07, 6.45) is 1.55. The molecule has 0 radical (unpaired) electrons. The average Bonchev–Trinajstić information content (AvgIpc) is 3.35. The van der Waals surface area contributed by atoms with Crippen molar-refractivity contribution in [3.05, 3.63) is 59.7 Å². The van der Waals surface area contributed by atoms with Crippen molar-refractivity contribution >= 4 is 23.5 Å². The number of nitrogens with one attached hydrogen (secondary N) is 1. The Kier molecular flexibility index (Phi) is 5.32. The van der Waals surface area contributed by atoms with Gasteiger partial charge in [0.25, 0.3) is 0 Å². The fraction of sp³-hybridized carbons (Fsp3) is 0.400. The van der Waals surface area contributed by atoms with Crippen LogP contribution in [0.4, 0.5) is 5.69 Å². The van der Waals surface area contributed by atoms with Crippen molar-refractivity contribution in [2.24, 2.45) is 23.0 Å². The molecular formula is C25H27N3O5. The fourth-order valence-corrected chi connectivity index (χ4v) is 5.35. The van der Waals surface area contributed by atoms with Gasteiger partial charge in [-0.25, -0.2) is 0 Å². The number of carboxylic acids is 1. The quantitative estimate of drug-likeness (QED) is 0.617. The molecule has 2 aromatic carbocycles. The molecule has 2 heterocycles. The number of nitrogens with zero attached hydrogens (tertiary/aromatic N) is 1. The van der Waals surface area contributed by atoms with Crippen molar-refractivity contribution in [1.82, 2.24) is 5.32 Å². The third-order valence-corrected chi connectivity index (χ3v) is 7.28. The van der Waals surface area contributed by atoms with Crippen LogP contribution in [0, 0.1) is 17.3 Å². The molecule has 2 aromatic rings. The summed E-state index contributed by atoms with van der Waals surface area (Å²) in [6, 6.07) is 14.7. The number of primary amides is 1. The minimum atomic E-state index is -1.03. The van der Waals surface area contributed by atoms with E-state index in [1.165, 1.54) is 0 Å². The Bertz CT molecular complexity index is 1100. The predicted octanol–water partition coefficient (Wildman–Crippen LogP) is 1.71. The van der Waals surface area contributed by atoms with Crippen molar-refractivity contribution in [2.45, 2.75) is 31.9 Å². The zero-order valence-corrected chi connectivity index (χ0v) is 18.2. The van der Waals surface area contributed by atoms with E-state index in [9.17, 15) is 19.5 Å². The van der Waals surface area contributed by atoms with Gasteiger partial charge in [0.1, 0.15) is 18.4 Å². The van der Waals surface area contributed by atoms with E-state index in [0.717, 1.165) is 22.6 Å². The molecule has 2 fully saturated rings. The molecule has 5 rings (SSSR count). The molecule has 8 nitrogen and oxygen atoms in total. The molecule has 1 spiro atoms. The second-order valence-corrected chi connectivity index (χ2v) is 9.33. The Morgan fingerprint density at radius 2 is 1.94 bits per heavy atom. The van der Waals surface area contributed by atoms with Crippen LogP contribution in [0.15, 0.2) is 48.5 Å². The maximum atomic E-state index is 13.4. The fourth-order valence-electron chi connectivity index (χ4n) is 5.35. The van der Waals surface area contributed by atoms with Gasteiger partial charge in [0, 0.05) is 24.7 Å². The van der Waals surface area contributed by atoms with E-state index in [0.29, 0.717) is 32.5 Å². The van der Waals surface area contributed by atoms with Crippen molar-refractivity contribution in [3.8, 4) is 5.75 Å². The molecule has 4 atom stereocenters. The van der Waals surface area contributed by atoms with Gasteiger partial charge in [-0.2, -0.15) is 0 Å². The van der Waals surface area contributed by atoms with Crippen LogP contribution in [0.25, 0.3) is 0 Å². The first-order valence-electron chi connectivity index (χ1n) is 11.2. The number of piperidine rings is 1. The van der Waals surface area contributed by atoms with Crippen molar-refractivity contribution < 1.29 is 24.2 Å². The number of hydrogen-bond donors (Lipinski definition) is 3. The van der Waals surface area contributed by atoms with Crippen LogP contribution in [0.2, 0.25) is 0 Å². The lowest BCUT2D eigenvalue weighted by Gasteiger charge is -2.36. The normalized spacial score (nSPS) is 27.8. The minimum absolute atomic E-state index is 0.245. The highest BCUT2D eigenvalue weighted by molar-refractivity contribution is 6.01. The number of benzene rings is 2. The highest BCUT2D eigenvalue weighted by Gasteiger charge is 2.62. The highest BCUT2D eigenvalue weighted by atomic mass is 16.5. The summed E-state index contributed by atoms with van der Waals surface area (Å²) in [5.41, 5.74) is 7.88. The summed E-state index contributed by atoms with van der Waals surface area (Å²) in [4.78, 5) is 38.7. The van der Waals surface area contributed by atoms with Gasteiger partial charge in [0.05, 0.1) is 5.92 Å². The molecule has 0 aromatic heterocycles. The molecule has 4 unspecified atom stereocenters. The molecule has 33 heavy (non-hydrogen) atoms. The van der Waals surface area contributed by atoms with Gasteiger partial charge < -0.3 is 25.8 Å². The standard InChI is InChI=1S/C25H27N3O5/c26-22(29)19-12-25(19)11-18(24(31)32)21(27-14-25)23(30)28-9-8-16-10-17(6-7-20(16)28)33-13-15-4-2-1-3-5-15/h1-7,10,18-19,21,27H,8-9,11-14H2,(H2,26,29)(H,31,32). The van der Waals surface area contributed by atoms with Gasteiger partial charge in [0.2, 0.25) is 11.8 Å². The summed E-state index contributed by atoms with van der Waals surface area (Å²) >= 11 is 0. The van der Waals surface area contributed by atoms with Gasteiger partial charge in [-0.15, -0.1) is 0 Å². The molecule has 2 amide bonds. The maximum absolute atomic E-state index is 13.4. The number of carbonyl (C=O) groups is 3. The zero-order chi connectivity index (χ0) is 23.2. The van der Waals surface area contributed by atoms with Gasteiger partial charge in [-0.05, 0) is 54.0 Å². The van der Waals surface area contributed by atoms with Crippen LogP contribution in [0.1, 0.15) is 24.0 Å². The summed E-state index contributed by atoms with van der Waals surface area (Å²) in [5.74, 6) is -2.15. The number of rotatable bonds is 6. The van der Waals surface area contributed by atoms with Gasteiger partial charge in [0.15, 0.2) is 0 Å². The molecule has 1 saturated heterocycles. The van der Waals surface area contributed by atoms with Gasteiger partial charge in [-0.1, -0.05) is 30.3 Å². The van der Waals surface area contributed by atoms with Crippen LogP contribution >= 0.6 is 0 Å². The summed E-state index contributed by atoms with van der Waals surface area (Å²) in [7, 11) is 0. The van der Waals surface area contributed by atoms with E-state index in [-0.39, 0.29) is 18.2 Å². The number of hydrogen-bond acceptors (Lipinski definition) is 5. The second kappa shape index (κ2) is 8.19. The second-order valence-electron chi connectivity index (χ2n) is 9.33. The van der Waals surface area contributed by atoms with E-state index in [1.54, 1.807) is 4.90 Å². The largest absolute Gasteiger partial charge is 0.489 e. The number of aliphatic carboxylic acids is 1. The smallest absolute Gasteiger partial charge is 0.308 e. The molecule has 8 heteroatoms. The van der Waals surface area contributed by atoms with E-state index >= 15 is 0 Å². The topological polar surface area (TPSA) is 122 Å². The van der Waals surface area contributed by atoms with Gasteiger partial charge in [-0.3, -0.25) is 14.4 Å². The number of ether oxygens (including phenoxy) is 1. The Morgan fingerprint density at radius 3 is 2.64 bits per heavy atom. The number of carboxylic acid groups (broad SMARTS) is 1. The molecule has 1 aliphatic carbocycles. The number of carbonyl (C=O) groups excluding carboxylic acids is 2. The average molecular weight is 450 g/mol. The van der Waals surface area contributed by atoms with Crippen LogP contribution in [0.5, 0.6) is 5.75 Å². The highest BCUT2D eigenvalue weighted by Crippen LogP contribution is 2.58. The van der Waals surface area contributed by atoms with Crippen molar-refractivity contribution in [3.63, 3.8) is 0 Å². The van der Waals surface area contributed by atoms with Crippen molar-refractivity contribution in [2.75, 3.05) is 18.0 Å². The molecule has 4 N–H and O–H groups in total. The lowest BCUT2D eigenvalue weighted by Crippen LogP contribution is -2.58. The number of anilines is 1. The van der Waals surface area contributed by atoms with Crippen LogP contribution in [-0.4, -0.2) is 42.0 Å². The van der Waals surface area contributed by atoms with Crippen LogP contribution < -0.4 is 20.7 Å². The maximum Gasteiger partial charge on any atom is 0.308 e. The van der Waals surface area contributed by atoms with Crippen LogP contribution in [-0.2, 0) is 27.4 Å². The van der Waals surface area contributed by atoms with Crippen molar-refractivity contribution in [1.29, 1.82) is 0 Å². The Morgan fingerprint density at radius 1 is 1.15 bits per heavy atom. The van der Waals surface area contributed by atoms with E-state index in [1.807, 2.05) is 48.5 Å². The number of nitrogens with two attached hydrogens (primary N) is 1. The first-order chi connectivity index (χ1) is 15.9. The Balaban J connectivity index is 1.28. The SMILES string of the molecule is NC(=O)C1CC12CNC(C(=O)N1CCc3cc(OCc4ccccc4)ccc31)C(C(=O)O)C2. The Labute approximate surface area is 191 Å². The lowest BCUT2D eigenvalue weighted by molar-refractivity contribution is -0.147. The van der Waals surface area contributed by atoms with Crippen LogP contribution in [0.3, 0.4) is 0 Å². The lowest BCUT2D eigenvalue weighted by atomic mass is 9.80. The summed E-state index contributed by atoms with van der Waals surface area (Å²) < 4.78 is 5.91. The predicted molar refractivity (Wildman–Crippen MR) is 121 cm³/mol. The van der Waals surface area contributed by atoms with E-state index in [4.69, 9.17) is 10.5 Å². The third-order valence-electron chi connectivity index (χ3n) is 7.28.